The second-order valence-electron chi connectivity index (χ2n) is 5.01. The molecular formula is C17H15IN2O. The monoisotopic (exact) mass is 390 g/mol. The summed E-state index contributed by atoms with van der Waals surface area (Å²) in [7, 11) is 0. The maximum absolute atomic E-state index is 12.6. The van der Waals surface area contributed by atoms with Gasteiger partial charge in [0.15, 0.2) is 0 Å². The van der Waals surface area contributed by atoms with Crippen molar-refractivity contribution in [2.45, 2.75) is 19.9 Å². The van der Waals surface area contributed by atoms with Crippen molar-refractivity contribution in [3.8, 4) is 0 Å². The van der Waals surface area contributed by atoms with Gasteiger partial charge in [-0.05, 0) is 59.7 Å². The molecule has 0 spiro atoms. The van der Waals surface area contributed by atoms with Crippen LogP contribution in [0.15, 0.2) is 53.3 Å². The van der Waals surface area contributed by atoms with Gasteiger partial charge >= 0.3 is 0 Å². The van der Waals surface area contributed by atoms with Gasteiger partial charge in [-0.3, -0.25) is 9.36 Å². The summed E-state index contributed by atoms with van der Waals surface area (Å²) in [5.74, 6) is 0.768. The van der Waals surface area contributed by atoms with Crippen molar-refractivity contribution < 1.29 is 0 Å². The van der Waals surface area contributed by atoms with Gasteiger partial charge in [0.2, 0.25) is 0 Å². The van der Waals surface area contributed by atoms with Gasteiger partial charge in [0.05, 0.1) is 10.9 Å². The van der Waals surface area contributed by atoms with E-state index in [9.17, 15) is 4.79 Å². The van der Waals surface area contributed by atoms with E-state index in [2.05, 4.69) is 39.7 Å². The molecule has 4 heteroatoms. The SMILES string of the molecule is Cc1nc2ccc(I)cc2c(=O)n1CCc1ccccc1. The molecule has 0 saturated carbocycles. The highest BCUT2D eigenvalue weighted by molar-refractivity contribution is 14.1. The first-order valence-corrected chi connectivity index (χ1v) is 7.93. The van der Waals surface area contributed by atoms with Crippen LogP contribution in [0.3, 0.4) is 0 Å². The minimum atomic E-state index is 0.0481. The maximum atomic E-state index is 12.6. The van der Waals surface area contributed by atoms with E-state index in [1.54, 1.807) is 4.57 Å². The van der Waals surface area contributed by atoms with Gasteiger partial charge in [0.1, 0.15) is 5.82 Å². The average Bonchev–Trinajstić information content (AvgIpc) is 2.49. The fraction of sp³-hybridized carbons (Fsp3) is 0.176. The van der Waals surface area contributed by atoms with Crippen LogP contribution in [-0.2, 0) is 13.0 Å². The molecule has 0 aliphatic rings. The van der Waals surface area contributed by atoms with Gasteiger partial charge in [-0.15, -0.1) is 0 Å². The van der Waals surface area contributed by atoms with Crippen LogP contribution >= 0.6 is 22.6 Å². The van der Waals surface area contributed by atoms with Crippen molar-refractivity contribution in [2.24, 2.45) is 0 Å². The average molecular weight is 390 g/mol. The van der Waals surface area contributed by atoms with Crippen LogP contribution in [0.4, 0.5) is 0 Å². The van der Waals surface area contributed by atoms with Crippen LogP contribution in [-0.4, -0.2) is 9.55 Å². The van der Waals surface area contributed by atoms with Gasteiger partial charge in [-0.25, -0.2) is 4.98 Å². The minimum absolute atomic E-state index is 0.0481. The molecule has 3 rings (SSSR count). The molecule has 0 atom stereocenters. The smallest absolute Gasteiger partial charge is 0.261 e. The summed E-state index contributed by atoms with van der Waals surface area (Å²) >= 11 is 2.22. The number of aromatic nitrogens is 2. The van der Waals surface area contributed by atoms with Crippen LogP contribution in [0.5, 0.6) is 0 Å². The first-order valence-electron chi connectivity index (χ1n) is 6.86. The number of rotatable bonds is 3. The Labute approximate surface area is 136 Å². The molecule has 0 aliphatic heterocycles. The molecule has 3 nitrogen and oxygen atoms in total. The van der Waals surface area contributed by atoms with Gasteiger partial charge in [0.25, 0.3) is 5.56 Å². The number of nitrogens with zero attached hydrogens (tertiary/aromatic N) is 2. The summed E-state index contributed by atoms with van der Waals surface area (Å²) < 4.78 is 2.82. The Morgan fingerprint density at radius 1 is 1.14 bits per heavy atom. The predicted octanol–water partition coefficient (Wildman–Crippen LogP) is 3.55. The lowest BCUT2D eigenvalue weighted by Crippen LogP contribution is -2.25. The molecule has 0 fully saturated rings. The normalized spacial score (nSPS) is 11.0. The molecule has 0 saturated heterocycles. The second-order valence-corrected chi connectivity index (χ2v) is 6.26. The molecule has 1 heterocycles. The molecular weight excluding hydrogens is 375 g/mol. The van der Waals surface area contributed by atoms with E-state index in [1.807, 2.05) is 43.3 Å². The molecule has 0 aliphatic carbocycles. The Morgan fingerprint density at radius 3 is 2.67 bits per heavy atom. The molecule has 0 radical (unpaired) electrons. The molecule has 2 aromatic carbocycles. The molecule has 1 aromatic heterocycles. The Balaban J connectivity index is 2.00. The summed E-state index contributed by atoms with van der Waals surface area (Å²) in [6, 6.07) is 16.0. The number of fused-ring (bicyclic) bond motifs is 1. The summed E-state index contributed by atoms with van der Waals surface area (Å²) in [6.45, 7) is 2.55. The summed E-state index contributed by atoms with van der Waals surface area (Å²) in [5.41, 5.74) is 2.05. The lowest BCUT2D eigenvalue weighted by molar-refractivity contribution is 0.638. The number of hydrogen-bond acceptors (Lipinski definition) is 2. The number of hydrogen-bond donors (Lipinski definition) is 0. The summed E-state index contributed by atoms with van der Waals surface area (Å²) in [6.07, 6.45) is 0.832. The van der Waals surface area contributed by atoms with Crippen molar-refractivity contribution >= 4 is 33.5 Å². The standard InChI is InChI=1S/C17H15IN2O/c1-12-19-16-8-7-14(18)11-15(16)17(21)20(12)10-9-13-5-3-2-4-6-13/h2-8,11H,9-10H2,1H3. The molecule has 21 heavy (non-hydrogen) atoms. The molecule has 0 N–H and O–H groups in total. The molecule has 0 unspecified atom stereocenters. The van der Waals surface area contributed by atoms with E-state index in [4.69, 9.17) is 0 Å². The van der Waals surface area contributed by atoms with Gasteiger partial charge < -0.3 is 0 Å². The van der Waals surface area contributed by atoms with Crippen LogP contribution in [0.2, 0.25) is 0 Å². The van der Waals surface area contributed by atoms with E-state index in [0.29, 0.717) is 11.9 Å². The number of benzene rings is 2. The van der Waals surface area contributed by atoms with Crippen molar-refractivity contribution in [3.05, 3.63) is 73.8 Å². The van der Waals surface area contributed by atoms with E-state index in [0.717, 1.165) is 21.3 Å². The quantitative estimate of drug-likeness (QED) is 0.642. The first kappa shape index (κ1) is 14.3. The Bertz CT molecular complexity index is 841. The van der Waals surface area contributed by atoms with Crippen molar-refractivity contribution in [1.82, 2.24) is 9.55 Å². The van der Waals surface area contributed by atoms with Gasteiger partial charge in [-0.1, -0.05) is 30.3 Å². The van der Waals surface area contributed by atoms with Crippen LogP contribution in [0.25, 0.3) is 10.9 Å². The molecule has 0 bridgehead atoms. The highest BCUT2D eigenvalue weighted by Crippen LogP contribution is 2.13. The summed E-state index contributed by atoms with van der Waals surface area (Å²) in [5, 5.41) is 0.695. The molecule has 3 aromatic rings. The third kappa shape index (κ3) is 3.00. The largest absolute Gasteiger partial charge is 0.296 e. The number of halogens is 1. The topological polar surface area (TPSA) is 34.9 Å². The number of aryl methyl sites for hydroxylation is 2. The Kier molecular flexibility index (Phi) is 4.05. The molecule has 0 amide bonds. The third-order valence-electron chi connectivity index (χ3n) is 3.57. The van der Waals surface area contributed by atoms with Gasteiger partial charge in [-0.2, -0.15) is 0 Å². The lowest BCUT2D eigenvalue weighted by Gasteiger charge is -2.11. The lowest BCUT2D eigenvalue weighted by atomic mass is 10.1. The maximum Gasteiger partial charge on any atom is 0.261 e. The fourth-order valence-corrected chi connectivity index (χ4v) is 2.94. The summed E-state index contributed by atoms with van der Waals surface area (Å²) in [4.78, 5) is 17.2. The predicted molar refractivity (Wildman–Crippen MR) is 93.6 cm³/mol. The van der Waals surface area contributed by atoms with E-state index < -0.39 is 0 Å². The zero-order valence-corrected chi connectivity index (χ0v) is 13.9. The Morgan fingerprint density at radius 2 is 1.90 bits per heavy atom. The van der Waals surface area contributed by atoms with Crippen LogP contribution in [0, 0.1) is 10.5 Å². The van der Waals surface area contributed by atoms with Gasteiger partial charge in [0, 0.05) is 10.1 Å². The first-order chi connectivity index (χ1) is 10.1. The fourth-order valence-electron chi connectivity index (χ4n) is 2.45. The van der Waals surface area contributed by atoms with Crippen LogP contribution in [0.1, 0.15) is 11.4 Å². The van der Waals surface area contributed by atoms with Crippen molar-refractivity contribution in [1.29, 1.82) is 0 Å². The van der Waals surface area contributed by atoms with E-state index in [-0.39, 0.29) is 5.56 Å². The zero-order valence-electron chi connectivity index (χ0n) is 11.7. The van der Waals surface area contributed by atoms with E-state index in [1.165, 1.54) is 5.56 Å². The van der Waals surface area contributed by atoms with Crippen molar-refractivity contribution in [3.63, 3.8) is 0 Å². The highest BCUT2D eigenvalue weighted by Gasteiger charge is 2.08. The Hall–Kier alpha value is -1.69. The van der Waals surface area contributed by atoms with E-state index >= 15 is 0 Å². The second kappa shape index (κ2) is 5.97. The molecule has 106 valence electrons. The highest BCUT2D eigenvalue weighted by atomic mass is 127. The third-order valence-corrected chi connectivity index (χ3v) is 4.24. The van der Waals surface area contributed by atoms with Crippen LogP contribution < -0.4 is 5.56 Å². The zero-order chi connectivity index (χ0) is 14.8. The minimum Gasteiger partial charge on any atom is -0.296 e. The van der Waals surface area contributed by atoms with Crippen molar-refractivity contribution in [2.75, 3.05) is 0 Å².